The molecule has 2 heteroatoms. The van der Waals surface area contributed by atoms with Crippen LogP contribution < -0.4 is 0 Å². The highest BCUT2D eigenvalue weighted by Gasteiger charge is 2.07. The third kappa shape index (κ3) is 1.05. The molecule has 1 heterocycles. The second-order valence-electron chi connectivity index (χ2n) is 2.30. The lowest BCUT2D eigenvalue weighted by molar-refractivity contribution is 0.949. The quantitative estimate of drug-likeness (QED) is 0.438. The first-order valence-electron chi connectivity index (χ1n) is 3.00. The highest BCUT2D eigenvalue weighted by Crippen LogP contribution is 2.11. The van der Waals surface area contributed by atoms with Crippen LogP contribution in [0.5, 0.6) is 0 Å². The number of rotatable bonds is 0. The minimum Gasteiger partial charge on any atom is -0.275 e. The maximum atomic E-state index is 4.29. The first-order chi connectivity index (χ1) is 3.77. The van der Waals surface area contributed by atoms with Crippen LogP contribution in [0, 0.1) is 0 Å². The fourth-order valence-electron chi connectivity index (χ4n) is 1.03. The van der Waals surface area contributed by atoms with Crippen LogP contribution in [0.4, 0.5) is 0 Å². The fraction of sp³-hybridized carbons (Fsp3) is 0.833. The van der Waals surface area contributed by atoms with Gasteiger partial charge in [0.05, 0.1) is 0 Å². The van der Waals surface area contributed by atoms with E-state index in [9.17, 15) is 0 Å². The second-order valence-corrected chi connectivity index (χ2v) is 5.48. The van der Waals surface area contributed by atoms with Crippen LogP contribution in [-0.4, -0.2) is 24.4 Å². The molecule has 0 saturated carbocycles. The van der Waals surface area contributed by atoms with E-state index < -0.39 is 9.41 Å². The molecular weight excluding hydrogens is 118 g/mol. The normalized spacial score (nSPS) is 25.6. The van der Waals surface area contributed by atoms with E-state index in [1.54, 1.807) is 0 Å². The molecule has 0 aromatic heterocycles. The van der Waals surface area contributed by atoms with E-state index in [4.69, 9.17) is 0 Å². The molecule has 0 atom stereocenters. The SMILES string of the molecule is C=S1(=NC)CCCC1. The Kier molecular flexibility index (Phi) is 1.61. The minimum absolute atomic E-state index is 0.667. The third-order valence-corrected chi connectivity index (χ3v) is 4.56. The summed E-state index contributed by atoms with van der Waals surface area (Å²) in [7, 11) is 1.24. The Balaban J connectivity index is 2.84. The second kappa shape index (κ2) is 2.09. The fourth-order valence-corrected chi connectivity index (χ4v) is 3.08. The average molecular weight is 131 g/mol. The molecule has 1 aliphatic rings. The van der Waals surface area contributed by atoms with Gasteiger partial charge in [0.15, 0.2) is 0 Å². The molecule has 1 rings (SSSR count). The smallest absolute Gasteiger partial charge is 0.0340 e. The van der Waals surface area contributed by atoms with Gasteiger partial charge in [0.25, 0.3) is 0 Å². The standard InChI is InChI=1S/C6H13NS/c1-7-8(2)5-3-4-6-8/h2-6H2,1H3. The third-order valence-electron chi connectivity index (χ3n) is 1.69. The summed E-state index contributed by atoms with van der Waals surface area (Å²) in [6.45, 7) is 0. The highest BCUT2D eigenvalue weighted by atomic mass is 32.2. The van der Waals surface area contributed by atoms with Gasteiger partial charge in [-0.25, -0.2) is 0 Å². The Morgan fingerprint density at radius 2 is 1.88 bits per heavy atom. The van der Waals surface area contributed by atoms with Crippen molar-refractivity contribution in [1.29, 1.82) is 0 Å². The Morgan fingerprint density at radius 3 is 2.12 bits per heavy atom. The lowest BCUT2D eigenvalue weighted by atomic mass is 10.4. The van der Waals surface area contributed by atoms with Crippen molar-refractivity contribution in [2.75, 3.05) is 18.6 Å². The summed E-state index contributed by atoms with van der Waals surface area (Å²) in [4.78, 5) is 0. The van der Waals surface area contributed by atoms with Gasteiger partial charge in [-0.3, -0.25) is 4.36 Å². The summed E-state index contributed by atoms with van der Waals surface area (Å²) in [5, 5.41) is 0. The number of hydrogen-bond donors (Lipinski definition) is 0. The molecule has 0 bridgehead atoms. The summed E-state index contributed by atoms with van der Waals surface area (Å²) >= 11 is 0. The van der Waals surface area contributed by atoms with Gasteiger partial charge in [0.2, 0.25) is 0 Å². The molecule has 0 unspecified atom stereocenters. The summed E-state index contributed by atoms with van der Waals surface area (Å²) in [6, 6.07) is 0. The van der Waals surface area contributed by atoms with Crippen molar-refractivity contribution in [3.63, 3.8) is 0 Å². The molecule has 48 valence electrons. The van der Waals surface area contributed by atoms with E-state index >= 15 is 0 Å². The van der Waals surface area contributed by atoms with Crippen molar-refractivity contribution in [3.8, 4) is 0 Å². The molecular formula is C6H13NS. The lowest BCUT2D eigenvalue weighted by Crippen LogP contribution is -1.98. The van der Waals surface area contributed by atoms with Gasteiger partial charge < -0.3 is 0 Å². The monoisotopic (exact) mass is 131 g/mol. The first-order valence-corrected chi connectivity index (χ1v) is 5.09. The number of hydrogen-bond acceptors (Lipinski definition) is 1. The Morgan fingerprint density at radius 1 is 1.38 bits per heavy atom. The summed E-state index contributed by atoms with van der Waals surface area (Å²) in [5.74, 6) is 6.67. The van der Waals surface area contributed by atoms with Gasteiger partial charge in [-0.05, 0) is 24.3 Å². The van der Waals surface area contributed by atoms with Crippen LogP contribution in [-0.2, 0) is 9.41 Å². The molecule has 1 nitrogen and oxygen atoms in total. The molecule has 0 aromatic carbocycles. The van der Waals surface area contributed by atoms with Gasteiger partial charge in [0, 0.05) is 7.05 Å². The van der Waals surface area contributed by atoms with Crippen molar-refractivity contribution < 1.29 is 0 Å². The maximum absolute atomic E-state index is 4.29. The first kappa shape index (κ1) is 6.14. The average Bonchev–Trinajstić information content (AvgIpc) is 2.17. The molecule has 8 heavy (non-hydrogen) atoms. The van der Waals surface area contributed by atoms with Crippen LogP contribution in [0.2, 0.25) is 0 Å². The molecule has 0 spiro atoms. The maximum Gasteiger partial charge on any atom is 0.0340 e. The molecule has 0 N–H and O–H groups in total. The van der Waals surface area contributed by atoms with E-state index in [0.29, 0.717) is 0 Å². The minimum atomic E-state index is -0.667. The zero-order valence-corrected chi connectivity index (χ0v) is 6.21. The molecule has 0 radical (unpaired) electrons. The Bertz CT molecular complexity index is 163. The van der Waals surface area contributed by atoms with Gasteiger partial charge in [-0.2, -0.15) is 0 Å². The Labute approximate surface area is 51.8 Å². The topological polar surface area (TPSA) is 12.4 Å². The van der Waals surface area contributed by atoms with Crippen LogP contribution in [0.25, 0.3) is 0 Å². The summed E-state index contributed by atoms with van der Waals surface area (Å²) in [5.41, 5.74) is 0. The van der Waals surface area contributed by atoms with Crippen molar-refractivity contribution in [2.45, 2.75) is 12.8 Å². The predicted octanol–water partition coefficient (Wildman–Crippen LogP) is 1.18. The van der Waals surface area contributed by atoms with Crippen molar-refractivity contribution in [3.05, 3.63) is 0 Å². The largest absolute Gasteiger partial charge is 0.275 e. The predicted molar refractivity (Wildman–Crippen MR) is 41.8 cm³/mol. The van der Waals surface area contributed by atoms with Crippen LogP contribution in [0.1, 0.15) is 12.8 Å². The van der Waals surface area contributed by atoms with Crippen LogP contribution >= 0.6 is 0 Å². The van der Waals surface area contributed by atoms with E-state index in [2.05, 4.69) is 10.2 Å². The lowest BCUT2D eigenvalue weighted by Gasteiger charge is -2.00. The van der Waals surface area contributed by atoms with Gasteiger partial charge >= 0.3 is 0 Å². The van der Waals surface area contributed by atoms with Gasteiger partial charge in [-0.1, -0.05) is 5.87 Å². The zero-order chi connectivity index (χ0) is 6.04. The molecule has 0 aliphatic carbocycles. The van der Waals surface area contributed by atoms with Gasteiger partial charge in [0.1, 0.15) is 0 Å². The highest BCUT2D eigenvalue weighted by molar-refractivity contribution is 8.02. The molecule has 0 aromatic rings. The van der Waals surface area contributed by atoms with Crippen LogP contribution in [0.3, 0.4) is 0 Å². The molecule has 1 saturated heterocycles. The van der Waals surface area contributed by atoms with E-state index in [1.807, 2.05) is 7.05 Å². The van der Waals surface area contributed by atoms with E-state index in [1.165, 1.54) is 24.3 Å². The molecule has 1 aliphatic heterocycles. The van der Waals surface area contributed by atoms with Crippen molar-refractivity contribution in [1.82, 2.24) is 0 Å². The molecule has 1 fully saturated rings. The zero-order valence-electron chi connectivity index (χ0n) is 5.39. The van der Waals surface area contributed by atoms with E-state index in [0.717, 1.165) is 0 Å². The summed E-state index contributed by atoms with van der Waals surface area (Å²) in [6.07, 6.45) is 2.71. The van der Waals surface area contributed by atoms with Gasteiger partial charge in [-0.15, -0.1) is 9.41 Å². The van der Waals surface area contributed by atoms with Crippen molar-refractivity contribution >= 4 is 15.3 Å². The Hall–Kier alpha value is 0.0200. The van der Waals surface area contributed by atoms with Crippen molar-refractivity contribution in [2.24, 2.45) is 4.36 Å². The summed E-state index contributed by atoms with van der Waals surface area (Å²) < 4.78 is 4.29. The van der Waals surface area contributed by atoms with Crippen LogP contribution in [0.15, 0.2) is 4.36 Å². The van der Waals surface area contributed by atoms with E-state index in [-0.39, 0.29) is 0 Å². The number of nitrogens with zero attached hydrogens (tertiary/aromatic N) is 1. The molecule has 0 amide bonds.